The fraction of sp³-hybridized carbons (Fsp3) is 0.474. The zero-order chi connectivity index (χ0) is 19.7. The number of anilines is 3. The van der Waals surface area contributed by atoms with Gasteiger partial charge in [-0.05, 0) is 31.5 Å². The highest BCUT2D eigenvalue weighted by atomic mass is 16.5. The van der Waals surface area contributed by atoms with Crippen LogP contribution in [0.25, 0.3) is 0 Å². The van der Waals surface area contributed by atoms with Gasteiger partial charge in [-0.1, -0.05) is 0 Å². The van der Waals surface area contributed by atoms with Gasteiger partial charge in [0.15, 0.2) is 5.82 Å². The lowest BCUT2D eigenvalue weighted by molar-refractivity contribution is -0.117. The first-order valence-electron chi connectivity index (χ1n) is 9.46. The predicted molar refractivity (Wildman–Crippen MR) is 106 cm³/mol. The maximum absolute atomic E-state index is 12.0. The van der Waals surface area contributed by atoms with Gasteiger partial charge in [0.1, 0.15) is 17.8 Å². The number of nitrogens with zero attached hydrogens (tertiary/aromatic N) is 4. The van der Waals surface area contributed by atoms with Crippen LogP contribution >= 0.6 is 0 Å². The van der Waals surface area contributed by atoms with E-state index in [0.717, 1.165) is 35.9 Å². The lowest BCUT2D eigenvalue weighted by atomic mass is 10.1. The highest BCUT2D eigenvalue weighted by molar-refractivity contribution is 6.03. The van der Waals surface area contributed by atoms with Crippen LogP contribution in [0.15, 0.2) is 18.3 Å². The number of hydrogen-bond donors (Lipinski definition) is 3. The van der Waals surface area contributed by atoms with Crippen molar-refractivity contribution in [3.05, 3.63) is 35.3 Å². The molecule has 2 unspecified atom stereocenters. The average Bonchev–Trinajstić information content (AvgIpc) is 2.72. The Morgan fingerprint density at radius 1 is 1.39 bits per heavy atom. The highest BCUT2D eigenvalue weighted by Gasteiger charge is 2.30. The molecule has 9 nitrogen and oxygen atoms in total. The van der Waals surface area contributed by atoms with Crippen LogP contribution in [0.2, 0.25) is 0 Å². The number of rotatable bonds is 4. The molecule has 2 aliphatic heterocycles. The molecule has 0 radical (unpaired) electrons. The first kappa shape index (κ1) is 18.6. The van der Waals surface area contributed by atoms with E-state index in [1.807, 2.05) is 37.9 Å². The van der Waals surface area contributed by atoms with E-state index in [9.17, 15) is 4.79 Å². The van der Waals surface area contributed by atoms with Crippen LogP contribution in [0.1, 0.15) is 30.0 Å². The first-order valence-corrected chi connectivity index (χ1v) is 9.46. The number of pyridine rings is 1. The average molecular weight is 383 g/mol. The van der Waals surface area contributed by atoms with Gasteiger partial charge in [-0.2, -0.15) is 4.98 Å². The Morgan fingerprint density at radius 2 is 2.25 bits per heavy atom. The molecule has 2 aromatic rings. The highest BCUT2D eigenvalue weighted by Crippen LogP contribution is 2.32. The maximum atomic E-state index is 12.0. The second kappa shape index (κ2) is 7.69. The van der Waals surface area contributed by atoms with Crippen molar-refractivity contribution in [3.8, 4) is 0 Å². The molecule has 0 aromatic carbocycles. The van der Waals surface area contributed by atoms with Crippen molar-refractivity contribution >= 4 is 23.4 Å². The summed E-state index contributed by atoms with van der Waals surface area (Å²) in [5.74, 6) is 1.20. The molecule has 2 aromatic heterocycles. The predicted octanol–water partition coefficient (Wildman–Crippen LogP) is 1.23. The maximum Gasteiger partial charge on any atom is 0.246 e. The molecule has 0 aliphatic carbocycles. The van der Waals surface area contributed by atoms with Crippen molar-refractivity contribution in [1.82, 2.24) is 20.3 Å². The van der Waals surface area contributed by atoms with E-state index < -0.39 is 0 Å². The van der Waals surface area contributed by atoms with Crippen molar-refractivity contribution in [2.24, 2.45) is 0 Å². The number of aryl methyl sites for hydroxylation is 1. The summed E-state index contributed by atoms with van der Waals surface area (Å²) < 4.78 is 5.78. The van der Waals surface area contributed by atoms with Crippen LogP contribution in [0.4, 0.5) is 17.5 Å². The summed E-state index contributed by atoms with van der Waals surface area (Å²) in [6.07, 6.45) is 1.78. The molecule has 0 bridgehead atoms. The summed E-state index contributed by atoms with van der Waals surface area (Å²) in [5.41, 5.74) is 3.40. The van der Waals surface area contributed by atoms with Crippen molar-refractivity contribution < 1.29 is 9.53 Å². The fourth-order valence-electron chi connectivity index (χ4n) is 3.34. The number of ether oxygens (including phenoxy) is 1. The summed E-state index contributed by atoms with van der Waals surface area (Å²) in [6, 6.07) is 3.73. The molecule has 28 heavy (non-hydrogen) atoms. The van der Waals surface area contributed by atoms with Crippen LogP contribution in [-0.4, -0.2) is 53.6 Å². The molecule has 0 saturated carbocycles. The largest absolute Gasteiger partial charge is 0.369 e. The van der Waals surface area contributed by atoms with Gasteiger partial charge < -0.3 is 25.6 Å². The zero-order valence-electron chi connectivity index (χ0n) is 16.3. The number of carbonyl (C=O) groups excluding carboxylic acids is 1. The van der Waals surface area contributed by atoms with Gasteiger partial charge in [-0.25, -0.2) is 4.98 Å². The third-order valence-corrected chi connectivity index (χ3v) is 5.17. The topological polar surface area (TPSA) is 104 Å². The van der Waals surface area contributed by atoms with Crippen molar-refractivity contribution in [2.45, 2.75) is 32.5 Å². The minimum Gasteiger partial charge on any atom is -0.369 e. The van der Waals surface area contributed by atoms with Crippen molar-refractivity contribution in [2.75, 3.05) is 42.3 Å². The number of likely N-dealkylation sites (N-methyl/N-ethyl adjacent to an activating group) is 1. The van der Waals surface area contributed by atoms with Gasteiger partial charge in [-0.15, -0.1) is 0 Å². The quantitative estimate of drug-likeness (QED) is 0.724. The minimum absolute atomic E-state index is 0.0188. The second-order valence-electron chi connectivity index (χ2n) is 7.11. The van der Waals surface area contributed by atoms with Gasteiger partial charge in [0, 0.05) is 32.9 Å². The van der Waals surface area contributed by atoms with Crippen LogP contribution < -0.4 is 20.9 Å². The Kier molecular flexibility index (Phi) is 5.10. The summed E-state index contributed by atoms with van der Waals surface area (Å²) in [4.78, 5) is 27.4. The number of amides is 1. The standard InChI is InChI=1S/C19H25N7O2/c1-11-16-17(26(3)12(2)18(27)24-16)25-19(23-11)22-9-13-4-5-21-14(8-13)15-10-20-6-7-28-15/h4-5,8,12,15,20H,6-7,9-10H2,1-3H3,(H,24,27)(H,22,23,25). The minimum atomic E-state index is -0.276. The summed E-state index contributed by atoms with van der Waals surface area (Å²) in [6.45, 7) is 6.63. The number of fused-ring (bicyclic) bond motifs is 1. The Labute approximate surface area is 163 Å². The zero-order valence-corrected chi connectivity index (χ0v) is 16.3. The number of carbonyl (C=O) groups is 1. The van der Waals surface area contributed by atoms with Gasteiger partial charge in [0.25, 0.3) is 0 Å². The van der Waals surface area contributed by atoms with Gasteiger partial charge in [0.2, 0.25) is 11.9 Å². The molecule has 4 rings (SSSR count). The molecule has 1 fully saturated rings. The molecule has 9 heteroatoms. The van der Waals surface area contributed by atoms with Crippen LogP contribution in [-0.2, 0) is 16.1 Å². The Hall–Kier alpha value is -2.78. The van der Waals surface area contributed by atoms with E-state index in [-0.39, 0.29) is 18.1 Å². The number of morpholine rings is 1. The summed E-state index contributed by atoms with van der Waals surface area (Å²) in [7, 11) is 1.87. The first-order chi connectivity index (χ1) is 13.5. The van der Waals surface area contributed by atoms with E-state index in [0.29, 0.717) is 24.8 Å². The van der Waals surface area contributed by atoms with Crippen LogP contribution in [0, 0.1) is 6.92 Å². The molecular weight excluding hydrogens is 358 g/mol. The van der Waals surface area contributed by atoms with Gasteiger partial charge in [0.05, 0.1) is 18.0 Å². The van der Waals surface area contributed by atoms with Gasteiger partial charge >= 0.3 is 0 Å². The Bertz CT molecular complexity index is 883. The summed E-state index contributed by atoms with van der Waals surface area (Å²) in [5, 5.41) is 9.50. The van der Waals surface area contributed by atoms with Gasteiger partial charge in [-0.3, -0.25) is 9.78 Å². The number of aromatic nitrogens is 3. The normalized spacial score (nSPS) is 21.8. The van der Waals surface area contributed by atoms with Crippen LogP contribution in [0.5, 0.6) is 0 Å². The Morgan fingerprint density at radius 3 is 3.04 bits per heavy atom. The third kappa shape index (κ3) is 3.63. The second-order valence-corrected chi connectivity index (χ2v) is 7.11. The molecule has 2 atom stereocenters. The lowest BCUT2D eigenvalue weighted by Crippen LogP contribution is -2.44. The SMILES string of the molecule is Cc1nc(NCc2ccnc(C3CNCCO3)c2)nc2c1NC(=O)C(C)N2C. The monoisotopic (exact) mass is 383 g/mol. The van der Waals surface area contributed by atoms with E-state index in [4.69, 9.17) is 4.74 Å². The Balaban J connectivity index is 1.50. The van der Waals surface area contributed by atoms with Crippen molar-refractivity contribution in [1.29, 1.82) is 0 Å². The van der Waals surface area contributed by atoms with E-state index in [1.54, 1.807) is 6.20 Å². The molecule has 4 heterocycles. The number of nitrogens with one attached hydrogen (secondary N) is 3. The third-order valence-electron chi connectivity index (χ3n) is 5.17. The lowest BCUT2D eigenvalue weighted by Gasteiger charge is -2.32. The molecule has 2 aliphatic rings. The molecular formula is C19H25N7O2. The van der Waals surface area contributed by atoms with Crippen LogP contribution in [0.3, 0.4) is 0 Å². The molecule has 3 N–H and O–H groups in total. The van der Waals surface area contributed by atoms with Crippen molar-refractivity contribution in [3.63, 3.8) is 0 Å². The molecule has 148 valence electrons. The number of hydrogen-bond acceptors (Lipinski definition) is 8. The molecule has 0 spiro atoms. The fourth-order valence-corrected chi connectivity index (χ4v) is 3.34. The van der Waals surface area contributed by atoms with E-state index >= 15 is 0 Å². The van der Waals surface area contributed by atoms with E-state index in [1.165, 1.54) is 0 Å². The van der Waals surface area contributed by atoms with E-state index in [2.05, 4.69) is 30.9 Å². The summed E-state index contributed by atoms with van der Waals surface area (Å²) >= 11 is 0. The smallest absolute Gasteiger partial charge is 0.246 e. The molecule has 1 amide bonds. The molecule has 1 saturated heterocycles.